The molecule has 2 aromatic heterocycles. The van der Waals surface area contributed by atoms with Gasteiger partial charge in [-0.15, -0.1) is 0 Å². The zero-order valence-electron chi connectivity index (χ0n) is 11.0. The molecule has 2 N–H and O–H groups in total. The molecule has 4 nitrogen and oxygen atoms in total. The fourth-order valence-electron chi connectivity index (χ4n) is 1.74. The van der Waals surface area contributed by atoms with E-state index < -0.39 is 0 Å². The Kier molecular flexibility index (Phi) is 4.35. The molecule has 0 aromatic carbocycles. The zero-order chi connectivity index (χ0) is 13.8. The van der Waals surface area contributed by atoms with Gasteiger partial charge in [-0.1, -0.05) is 18.5 Å². The summed E-state index contributed by atoms with van der Waals surface area (Å²) in [5, 5.41) is 0.452. The molecule has 0 saturated heterocycles. The second-order valence-electron chi connectivity index (χ2n) is 4.15. The van der Waals surface area contributed by atoms with E-state index in [9.17, 15) is 0 Å². The van der Waals surface area contributed by atoms with Crippen molar-refractivity contribution in [3.8, 4) is 11.6 Å². The molecule has 2 heterocycles. The summed E-state index contributed by atoms with van der Waals surface area (Å²) in [5.74, 6) is 1.04. The lowest BCUT2D eigenvalue weighted by Crippen LogP contribution is -2.01. The molecule has 0 aliphatic rings. The standard InChI is InChI=1S/C14H16ClN3O/c1-3-11-12(5-4-9(2)18-11)19-14-13(15)10(8-16)6-7-17-14/h4-7H,3,8,16H2,1-2H3. The zero-order valence-corrected chi connectivity index (χ0v) is 11.7. The highest BCUT2D eigenvalue weighted by molar-refractivity contribution is 6.32. The molecule has 0 aliphatic heterocycles. The quantitative estimate of drug-likeness (QED) is 0.932. The van der Waals surface area contributed by atoms with Crippen LogP contribution in [0.5, 0.6) is 11.6 Å². The molecule has 2 aromatic rings. The Hall–Kier alpha value is -1.65. The number of ether oxygens (including phenoxy) is 1. The minimum absolute atomic E-state index is 0.352. The van der Waals surface area contributed by atoms with Gasteiger partial charge in [0.1, 0.15) is 5.02 Å². The van der Waals surface area contributed by atoms with Crippen LogP contribution in [0.3, 0.4) is 0 Å². The van der Waals surface area contributed by atoms with Gasteiger partial charge >= 0.3 is 0 Å². The second kappa shape index (κ2) is 5.99. The molecule has 0 amide bonds. The van der Waals surface area contributed by atoms with E-state index in [0.29, 0.717) is 23.2 Å². The minimum atomic E-state index is 0.352. The first-order chi connectivity index (χ1) is 9.15. The van der Waals surface area contributed by atoms with E-state index in [1.807, 2.05) is 26.0 Å². The Bertz CT molecular complexity index is 587. The normalized spacial score (nSPS) is 10.5. The van der Waals surface area contributed by atoms with Crippen LogP contribution in [0.15, 0.2) is 24.4 Å². The van der Waals surface area contributed by atoms with Crippen LogP contribution in [0.4, 0.5) is 0 Å². The topological polar surface area (TPSA) is 61.0 Å². The van der Waals surface area contributed by atoms with E-state index in [2.05, 4.69) is 9.97 Å². The third-order valence-corrected chi connectivity index (χ3v) is 3.17. The second-order valence-corrected chi connectivity index (χ2v) is 4.52. The molecule has 19 heavy (non-hydrogen) atoms. The van der Waals surface area contributed by atoms with Crippen molar-refractivity contribution < 1.29 is 4.74 Å². The third kappa shape index (κ3) is 3.03. The lowest BCUT2D eigenvalue weighted by Gasteiger charge is -2.11. The van der Waals surface area contributed by atoms with E-state index in [1.54, 1.807) is 12.3 Å². The maximum atomic E-state index is 6.20. The van der Waals surface area contributed by atoms with Gasteiger partial charge in [0.15, 0.2) is 5.75 Å². The van der Waals surface area contributed by atoms with Crippen molar-refractivity contribution >= 4 is 11.6 Å². The fourth-order valence-corrected chi connectivity index (χ4v) is 1.97. The van der Waals surface area contributed by atoms with Crippen molar-refractivity contribution in [3.63, 3.8) is 0 Å². The van der Waals surface area contributed by atoms with E-state index in [-0.39, 0.29) is 0 Å². The number of rotatable bonds is 4. The first-order valence-corrected chi connectivity index (χ1v) is 6.51. The van der Waals surface area contributed by atoms with Crippen molar-refractivity contribution in [1.82, 2.24) is 9.97 Å². The SMILES string of the molecule is CCc1nc(C)ccc1Oc1nccc(CN)c1Cl. The maximum Gasteiger partial charge on any atom is 0.238 e. The predicted molar refractivity (Wildman–Crippen MR) is 75.6 cm³/mol. The number of aromatic nitrogens is 2. The molecule has 0 radical (unpaired) electrons. The molecule has 0 unspecified atom stereocenters. The van der Waals surface area contributed by atoms with Gasteiger partial charge in [-0.3, -0.25) is 4.98 Å². The van der Waals surface area contributed by atoms with Crippen LogP contribution in [0.25, 0.3) is 0 Å². The molecule has 100 valence electrons. The highest BCUT2D eigenvalue weighted by Crippen LogP contribution is 2.31. The minimum Gasteiger partial charge on any atom is -0.436 e. The number of halogens is 1. The van der Waals surface area contributed by atoms with E-state index in [4.69, 9.17) is 22.1 Å². The van der Waals surface area contributed by atoms with Crippen LogP contribution < -0.4 is 10.5 Å². The number of hydrogen-bond donors (Lipinski definition) is 1. The molecule has 0 saturated carbocycles. The van der Waals surface area contributed by atoms with Gasteiger partial charge in [0, 0.05) is 18.4 Å². The molecule has 0 aliphatic carbocycles. The molecule has 0 atom stereocenters. The average Bonchev–Trinajstić information content (AvgIpc) is 2.42. The van der Waals surface area contributed by atoms with Crippen molar-refractivity contribution in [1.29, 1.82) is 0 Å². The number of hydrogen-bond acceptors (Lipinski definition) is 4. The lowest BCUT2D eigenvalue weighted by atomic mass is 10.2. The van der Waals surface area contributed by atoms with Crippen molar-refractivity contribution in [3.05, 3.63) is 46.4 Å². The summed E-state index contributed by atoms with van der Waals surface area (Å²) < 4.78 is 5.77. The molecule has 0 bridgehead atoms. The Morgan fingerprint density at radius 1 is 1.32 bits per heavy atom. The maximum absolute atomic E-state index is 6.20. The van der Waals surface area contributed by atoms with Gasteiger partial charge in [-0.2, -0.15) is 0 Å². The highest BCUT2D eigenvalue weighted by atomic mass is 35.5. The molecule has 5 heteroatoms. The van der Waals surface area contributed by atoms with Gasteiger partial charge in [0.05, 0.1) is 5.69 Å². The number of nitrogens with two attached hydrogens (primary N) is 1. The predicted octanol–water partition coefficient (Wildman–Crippen LogP) is 3.25. The third-order valence-electron chi connectivity index (χ3n) is 2.77. The lowest BCUT2D eigenvalue weighted by molar-refractivity contribution is 0.453. The Labute approximate surface area is 117 Å². The largest absolute Gasteiger partial charge is 0.436 e. The van der Waals surface area contributed by atoms with Crippen molar-refractivity contribution in [2.24, 2.45) is 5.73 Å². The summed E-state index contributed by atoms with van der Waals surface area (Å²) in [6, 6.07) is 5.56. The number of aryl methyl sites for hydroxylation is 2. The Balaban J connectivity index is 2.36. The van der Waals surface area contributed by atoms with Crippen LogP contribution in [0.2, 0.25) is 5.02 Å². The van der Waals surface area contributed by atoms with Crippen LogP contribution in [0, 0.1) is 6.92 Å². The first kappa shape index (κ1) is 13.8. The van der Waals surface area contributed by atoms with Crippen LogP contribution in [-0.4, -0.2) is 9.97 Å². The fraction of sp³-hybridized carbons (Fsp3) is 0.286. The van der Waals surface area contributed by atoms with Crippen molar-refractivity contribution in [2.75, 3.05) is 0 Å². The molecular formula is C14H16ClN3O. The monoisotopic (exact) mass is 277 g/mol. The van der Waals surface area contributed by atoms with E-state index in [1.165, 1.54) is 0 Å². The van der Waals surface area contributed by atoms with Gasteiger partial charge in [0.25, 0.3) is 0 Å². The average molecular weight is 278 g/mol. The summed E-state index contributed by atoms with van der Waals surface area (Å²) in [6.07, 6.45) is 2.42. The Morgan fingerprint density at radius 2 is 2.11 bits per heavy atom. The number of nitrogens with zero attached hydrogens (tertiary/aromatic N) is 2. The highest BCUT2D eigenvalue weighted by Gasteiger charge is 2.11. The van der Waals surface area contributed by atoms with Crippen LogP contribution >= 0.6 is 11.6 Å². The van der Waals surface area contributed by atoms with Crippen LogP contribution in [-0.2, 0) is 13.0 Å². The summed E-state index contributed by atoms with van der Waals surface area (Å²) in [7, 11) is 0. The molecule has 0 fully saturated rings. The van der Waals surface area contributed by atoms with Gasteiger partial charge in [0.2, 0.25) is 5.88 Å². The van der Waals surface area contributed by atoms with Gasteiger partial charge in [-0.05, 0) is 37.1 Å². The van der Waals surface area contributed by atoms with E-state index in [0.717, 1.165) is 23.4 Å². The molecule has 2 rings (SSSR count). The summed E-state index contributed by atoms with van der Waals surface area (Å²) >= 11 is 6.20. The van der Waals surface area contributed by atoms with Gasteiger partial charge in [-0.25, -0.2) is 4.98 Å². The summed E-state index contributed by atoms with van der Waals surface area (Å²) in [4.78, 5) is 8.58. The van der Waals surface area contributed by atoms with Gasteiger partial charge < -0.3 is 10.5 Å². The Morgan fingerprint density at radius 3 is 2.79 bits per heavy atom. The molecule has 0 spiro atoms. The molecular weight excluding hydrogens is 262 g/mol. The van der Waals surface area contributed by atoms with Crippen molar-refractivity contribution in [2.45, 2.75) is 26.8 Å². The van der Waals surface area contributed by atoms with Crippen LogP contribution in [0.1, 0.15) is 23.9 Å². The smallest absolute Gasteiger partial charge is 0.238 e. The summed E-state index contributed by atoms with van der Waals surface area (Å²) in [6.45, 7) is 4.33. The first-order valence-electron chi connectivity index (χ1n) is 6.13. The number of pyridine rings is 2. The van der Waals surface area contributed by atoms with E-state index >= 15 is 0 Å². The summed E-state index contributed by atoms with van der Waals surface area (Å²) in [5.41, 5.74) is 8.26.